The van der Waals surface area contributed by atoms with E-state index in [1.807, 2.05) is 7.05 Å². The van der Waals surface area contributed by atoms with Crippen LogP contribution in [0.3, 0.4) is 0 Å². The monoisotopic (exact) mass is 444 g/mol. The van der Waals surface area contributed by atoms with Crippen LogP contribution in [0.2, 0.25) is 0 Å². The van der Waals surface area contributed by atoms with Crippen molar-refractivity contribution in [3.63, 3.8) is 0 Å². The Morgan fingerprint density at radius 2 is 1.96 bits per heavy atom. The number of aliphatic imine (C=N–C) groups is 1. The molecule has 1 aromatic carbocycles. The van der Waals surface area contributed by atoms with E-state index in [-0.39, 0.29) is 29.5 Å². The maximum Gasteiger partial charge on any atom is 0.191 e. The van der Waals surface area contributed by atoms with Gasteiger partial charge in [-0.3, -0.25) is 9.89 Å². The molecular formula is C19H33IN4. The van der Waals surface area contributed by atoms with Crippen LogP contribution >= 0.6 is 24.0 Å². The molecule has 1 aliphatic heterocycles. The lowest BCUT2D eigenvalue weighted by Gasteiger charge is -2.42. The highest BCUT2D eigenvalue weighted by Gasteiger charge is 2.29. The number of guanidine groups is 1. The van der Waals surface area contributed by atoms with Crippen LogP contribution in [0.1, 0.15) is 45.2 Å². The highest BCUT2D eigenvalue weighted by atomic mass is 127. The van der Waals surface area contributed by atoms with Crippen molar-refractivity contribution in [3.05, 3.63) is 35.4 Å². The lowest BCUT2D eigenvalue weighted by atomic mass is 9.94. The van der Waals surface area contributed by atoms with Crippen molar-refractivity contribution >= 4 is 29.9 Å². The first-order chi connectivity index (χ1) is 11.0. The number of fused-ring (bicyclic) bond motifs is 1. The molecule has 4 nitrogen and oxygen atoms in total. The fraction of sp³-hybridized carbons (Fsp3) is 0.632. The average molecular weight is 444 g/mol. The zero-order chi connectivity index (χ0) is 16.9. The molecule has 0 aliphatic carbocycles. The summed E-state index contributed by atoms with van der Waals surface area (Å²) in [5.41, 5.74) is 3.05. The molecule has 5 heteroatoms. The number of nitrogens with one attached hydrogen (secondary N) is 2. The van der Waals surface area contributed by atoms with Crippen LogP contribution in [0.5, 0.6) is 0 Å². The van der Waals surface area contributed by atoms with Crippen molar-refractivity contribution in [3.8, 4) is 0 Å². The molecule has 0 fully saturated rings. The van der Waals surface area contributed by atoms with Crippen LogP contribution in [0.15, 0.2) is 29.3 Å². The van der Waals surface area contributed by atoms with Gasteiger partial charge in [0.1, 0.15) is 0 Å². The molecule has 0 saturated carbocycles. The third-order valence-electron chi connectivity index (χ3n) is 4.89. The number of halogens is 1. The predicted molar refractivity (Wildman–Crippen MR) is 114 cm³/mol. The second-order valence-corrected chi connectivity index (χ2v) is 7.13. The standard InChI is InChI=1S/C19H32N4.HI/c1-6-15(2)22-18(20-5)21-14-19(3,4)23-12-11-16-9-7-8-10-17(16)13-23;/h7-10,15H,6,11-14H2,1-5H3,(H2,20,21,22);1H. The van der Waals surface area contributed by atoms with Gasteiger partial charge in [0.2, 0.25) is 0 Å². The van der Waals surface area contributed by atoms with E-state index in [4.69, 9.17) is 0 Å². The van der Waals surface area contributed by atoms with E-state index in [1.165, 1.54) is 11.1 Å². The van der Waals surface area contributed by atoms with Gasteiger partial charge >= 0.3 is 0 Å². The van der Waals surface area contributed by atoms with Crippen LogP contribution < -0.4 is 10.6 Å². The van der Waals surface area contributed by atoms with Gasteiger partial charge in [0, 0.05) is 38.3 Å². The molecule has 24 heavy (non-hydrogen) atoms. The molecule has 1 unspecified atom stereocenters. The summed E-state index contributed by atoms with van der Waals surface area (Å²) in [6.45, 7) is 12.0. The normalized spacial score (nSPS) is 16.8. The van der Waals surface area contributed by atoms with Crippen molar-refractivity contribution in [1.29, 1.82) is 0 Å². The Labute approximate surface area is 164 Å². The lowest BCUT2D eigenvalue weighted by molar-refractivity contribution is 0.107. The molecule has 1 heterocycles. The van der Waals surface area contributed by atoms with Crippen molar-refractivity contribution in [2.75, 3.05) is 20.1 Å². The van der Waals surface area contributed by atoms with Gasteiger partial charge in [-0.1, -0.05) is 31.2 Å². The molecular weight excluding hydrogens is 411 g/mol. The molecule has 0 saturated heterocycles. The minimum atomic E-state index is 0. The molecule has 0 bridgehead atoms. The Hall–Kier alpha value is -0.820. The molecule has 0 spiro atoms. The van der Waals surface area contributed by atoms with E-state index >= 15 is 0 Å². The number of hydrogen-bond donors (Lipinski definition) is 2. The van der Waals surface area contributed by atoms with Gasteiger partial charge in [0.25, 0.3) is 0 Å². The predicted octanol–water partition coefficient (Wildman–Crippen LogP) is 3.40. The van der Waals surface area contributed by atoms with Gasteiger partial charge < -0.3 is 10.6 Å². The molecule has 1 atom stereocenters. The van der Waals surface area contributed by atoms with Gasteiger partial charge in [-0.25, -0.2) is 0 Å². The highest BCUT2D eigenvalue weighted by molar-refractivity contribution is 14.0. The van der Waals surface area contributed by atoms with Gasteiger partial charge in [0.15, 0.2) is 5.96 Å². The smallest absolute Gasteiger partial charge is 0.191 e. The molecule has 0 aromatic heterocycles. The minimum Gasteiger partial charge on any atom is -0.355 e. The maximum atomic E-state index is 4.34. The Kier molecular flexibility index (Phi) is 8.50. The number of rotatable bonds is 5. The molecule has 136 valence electrons. The molecule has 1 aromatic rings. The lowest BCUT2D eigenvalue weighted by Crippen LogP contribution is -2.55. The summed E-state index contributed by atoms with van der Waals surface area (Å²) in [5.74, 6) is 0.893. The summed E-state index contributed by atoms with van der Waals surface area (Å²) in [4.78, 5) is 6.90. The fourth-order valence-corrected chi connectivity index (χ4v) is 2.95. The Balaban J connectivity index is 0.00000288. The summed E-state index contributed by atoms with van der Waals surface area (Å²) < 4.78 is 0. The second kappa shape index (κ2) is 9.61. The van der Waals surface area contributed by atoms with Crippen molar-refractivity contribution in [2.45, 2.75) is 58.7 Å². The summed E-state index contributed by atoms with van der Waals surface area (Å²) >= 11 is 0. The summed E-state index contributed by atoms with van der Waals surface area (Å²) in [6, 6.07) is 9.24. The van der Waals surface area contributed by atoms with E-state index < -0.39 is 0 Å². The number of benzene rings is 1. The van der Waals surface area contributed by atoms with E-state index in [2.05, 4.69) is 72.5 Å². The van der Waals surface area contributed by atoms with Crippen LogP contribution in [0.4, 0.5) is 0 Å². The number of nitrogens with zero attached hydrogens (tertiary/aromatic N) is 2. The quantitative estimate of drug-likeness (QED) is 0.416. The van der Waals surface area contributed by atoms with Crippen LogP contribution in [0.25, 0.3) is 0 Å². The first-order valence-electron chi connectivity index (χ1n) is 8.75. The summed E-state index contributed by atoms with van der Waals surface area (Å²) in [5, 5.41) is 6.92. The Bertz CT molecular complexity index is 542. The number of hydrogen-bond acceptors (Lipinski definition) is 2. The Morgan fingerprint density at radius 3 is 2.58 bits per heavy atom. The zero-order valence-electron chi connectivity index (χ0n) is 15.7. The van der Waals surface area contributed by atoms with Gasteiger partial charge in [-0.05, 0) is 44.7 Å². The first-order valence-corrected chi connectivity index (χ1v) is 8.75. The largest absolute Gasteiger partial charge is 0.355 e. The summed E-state index contributed by atoms with van der Waals surface area (Å²) in [6.07, 6.45) is 2.23. The van der Waals surface area contributed by atoms with Crippen molar-refractivity contribution in [2.24, 2.45) is 4.99 Å². The van der Waals surface area contributed by atoms with E-state index in [0.717, 1.165) is 38.4 Å². The van der Waals surface area contributed by atoms with Crippen molar-refractivity contribution in [1.82, 2.24) is 15.5 Å². The molecule has 0 radical (unpaired) electrons. The molecule has 1 aliphatic rings. The fourth-order valence-electron chi connectivity index (χ4n) is 2.95. The van der Waals surface area contributed by atoms with Gasteiger partial charge in [-0.2, -0.15) is 0 Å². The zero-order valence-corrected chi connectivity index (χ0v) is 18.1. The van der Waals surface area contributed by atoms with Crippen LogP contribution in [0, 0.1) is 0 Å². The highest BCUT2D eigenvalue weighted by Crippen LogP contribution is 2.24. The van der Waals surface area contributed by atoms with Crippen LogP contribution in [-0.4, -0.2) is 42.6 Å². The Morgan fingerprint density at radius 1 is 1.29 bits per heavy atom. The van der Waals surface area contributed by atoms with Gasteiger partial charge in [-0.15, -0.1) is 24.0 Å². The summed E-state index contributed by atoms with van der Waals surface area (Å²) in [7, 11) is 1.84. The minimum absolute atomic E-state index is 0. The molecule has 2 N–H and O–H groups in total. The average Bonchev–Trinajstić information content (AvgIpc) is 2.57. The van der Waals surface area contributed by atoms with Crippen LogP contribution in [-0.2, 0) is 13.0 Å². The topological polar surface area (TPSA) is 39.7 Å². The van der Waals surface area contributed by atoms with E-state index in [1.54, 1.807) is 0 Å². The third-order valence-corrected chi connectivity index (χ3v) is 4.89. The van der Waals surface area contributed by atoms with Crippen molar-refractivity contribution < 1.29 is 0 Å². The molecule has 0 amide bonds. The maximum absolute atomic E-state index is 4.34. The SMILES string of the molecule is CCC(C)NC(=NC)NCC(C)(C)N1CCc2ccccc2C1.I. The van der Waals surface area contributed by atoms with Gasteiger partial charge in [0.05, 0.1) is 0 Å². The third kappa shape index (κ3) is 5.62. The van der Waals surface area contributed by atoms with E-state index in [9.17, 15) is 0 Å². The van der Waals surface area contributed by atoms with E-state index in [0.29, 0.717) is 6.04 Å². The second-order valence-electron chi connectivity index (χ2n) is 7.13. The first kappa shape index (κ1) is 21.2. The molecule has 2 rings (SSSR count).